The van der Waals surface area contributed by atoms with E-state index < -0.39 is 5.60 Å². The molecule has 68 valence electrons. The number of benzene rings is 1. The van der Waals surface area contributed by atoms with Crippen LogP contribution in [0, 0.1) is 0 Å². The van der Waals surface area contributed by atoms with Gasteiger partial charge in [0, 0.05) is 6.54 Å². The predicted molar refractivity (Wildman–Crippen MR) is 55.0 cm³/mol. The van der Waals surface area contributed by atoms with E-state index in [0.29, 0.717) is 12.0 Å². The summed E-state index contributed by atoms with van der Waals surface area (Å²) < 4.78 is 0. The first-order chi connectivity index (χ1) is 5.95. The molecule has 3 N–H and O–H groups in total. The molecule has 2 nitrogen and oxygen atoms in total. The second-order valence-corrected chi connectivity index (χ2v) is 3.68. The molecule has 0 amide bonds. The molecule has 1 aromatic rings. The molecular formula is C10H14BNO. The Balaban J connectivity index is 3.13. The number of hydrogen-bond acceptors (Lipinski definition) is 2. The average Bonchev–Trinajstić information content (AvgIpc) is 2.01. The third-order valence-corrected chi connectivity index (χ3v) is 2.01. The van der Waals surface area contributed by atoms with Gasteiger partial charge in [0.15, 0.2) is 0 Å². The predicted octanol–water partition coefficient (Wildman–Crippen LogP) is 0.166. The first kappa shape index (κ1) is 10.3. The van der Waals surface area contributed by atoms with E-state index in [9.17, 15) is 5.11 Å². The smallest absolute Gasteiger partial charge is 0.114 e. The van der Waals surface area contributed by atoms with Crippen LogP contribution in [0.4, 0.5) is 0 Å². The molecule has 0 aromatic heterocycles. The Morgan fingerprint density at radius 1 is 1.46 bits per heavy atom. The molecule has 0 spiro atoms. The maximum absolute atomic E-state index is 9.72. The fraction of sp³-hybridized carbons (Fsp3) is 0.400. The van der Waals surface area contributed by atoms with Gasteiger partial charge in [-0.1, -0.05) is 23.7 Å². The maximum atomic E-state index is 9.72. The van der Waals surface area contributed by atoms with E-state index in [1.807, 2.05) is 12.1 Å². The number of nitrogens with two attached hydrogens (primary N) is 1. The summed E-state index contributed by atoms with van der Waals surface area (Å²) in [6.45, 7) is 3.89. The zero-order valence-electron chi connectivity index (χ0n) is 8.04. The van der Waals surface area contributed by atoms with Crippen LogP contribution in [0.1, 0.15) is 25.0 Å². The lowest BCUT2D eigenvalue weighted by Crippen LogP contribution is -2.26. The lowest BCUT2D eigenvalue weighted by atomic mass is 9.82. The Morgan fingerprint density at radius 2 is 2.08 bits per heavy atom. The summed E-state index contributed by atoms with van der Waals surface area (Å²) in [4.78, 5) is 0. The molecular weight excluding hydrogens is 161 g/mol. The molecule has 0 bridgehead atoms. The van der Waals surface area contributed by atoms with Crippen molar-refractivity contribution in [3.63, 3.8) is 0 Å². The summed E-state index contributed by atoms with van der Waals surface area (Å²) in [5.41, 5.74) is 6.88. The summed E-state index contributed by atoms with van der Waals surface area (Å²) >= 11 is 0. The van der Waals surface area contributed by atoms with Crippen molar-refractivity contribution < 1.29 is 5.11 Å². The van der Waals surface area contributed by atoms with E-state index in [2.05, 4.69) is 0 Å². The van der Waals surface area contributed by atoms with Gasteiger partial charge < -0.3 is 10.8 Å². The van der Waals surface area contributed by atoms with Crippen LogP contribution in [0.5, 0.6) is 0 Å². The van der Waals surface area contributed by atoms with E-state index in [4.69, 9.17) is 13.6 Å². The minimum atomic E-state index is -0.892. The highest BCUT2D eigenvalue weighted by Gasteiger charge is 2.17. The highest BCUT2D eigenvalue weighted by molar-refractivity contribution is 6.33. The average molecular weight is 175 g/mol. The van der Waals surface area contributed by atoms with Crippen LogP contribution in [0.15, 0.2) is 18.2 Å². The van der Waals surface area contributed by atoms with E-state index >= 15 is 0 Å². The summed E-state index contributed by atoms with van der Waals surface area (Å²) in [6, 6.07) is 5.49. The van der Waals surface area contributed by atoms with E-state index in [0.717, 1.165) is 11.1 Å². The lowest BCUT2D eigenvalue weighted by Gasteiger charge is -2.21. The third kappa shape index (κ3) is 2.33. The number of rotatable bonds is 2. The van der Waals surface area contributed by atoms with Crippen molar-refractivity contribution in [3.05, 3.63) is 29.3 Å². The lowest BCUT2D eigenvalue weighted by molar-refractivity contribution is 0.0797. The number of hydrogen-bond donors (Lipinski definition) is 2. The molecule has 0 aliphatic heterocycles. The zero-order valence-corrected chi connectivity index (χ0v) is 8.04. The van der Waals surface area contributed by atoms with Gasteiger partial charge in [-0.25, -0.2) is 0 Å². The van der Waals surface area contributed by atoms with Gasteiger partial charge in [0.25, 0.3) is 0 Å². The van der Waals surface area contributed by atoms with Crippen molar-refractivity contribution >= 4 is 13.3 Å². The van der Waals surface area contributed by atoms with Crippen LogP contribution in [0.3, 0.4) is 0 Å². The molecule has 0 unspecified atom stereocenters. The highest BCUT2D eigenvalue weighted by atomic mass is 16.3. The largest absolute Gasteiger partial charge is 0.386 e. The first-order valence-corrected chi connectivity index (χ1v) is 4.26. The van der Waals surface area contributed by atoms with Crippen molar-refractivity contribution in [3.8, 4) is 0 Å². The van der Waals surface area contributed by atoms with Crippen molar-refractivity contribution in [1.29, 1.82) is 0 Å². The van der Waals surface area contributed by atoms with Gasteiger partial charge in [-0.05, 0) is 25.0 Å². The molecule has 0 fully saturated rings. The fourth-order valence-corrected chi connectivity index (χ4v) is 1.30. The molecule has 1 aromatic carbocycles. The monoisotopic (exact) mass is 175 g/mol. The molecule has 0 saturated heterocycles. The number of aliphatic hydroxyl groups is 1. The molecule has 13 heavy (non-hydrogen) atoms. The summed E-state index contributed by atoms with van der Waals surface area (Å²) in [5.74, 6) is 0. The standard InChI is InChI=1S/C10H14BNO/c1-10(2,13)8-4-3-7(6-12)5-9(8)11/h3-5,13H,6,12H2,1-2H3. The minimum absolute atomic E-state index is 0.469. The highest BCUT2D eigenvalue weighted by Crippen LogP contribution is 2.17. The Labute approximate surface area is 80.2 Å². The van der Waals surface area contributed by atoms with Gasteiger partial charge in [0.1, 0.15) is 7.85 Å². The van der Waals surface area contributed by atoms with Crippen LogP contribution < -0.4 is 11.2 Å². The van der Waals surface area contributed by atoms with Gasteiger partial charge in [-0.3, -0.25) is 0 Å². The van der Waals surface area contributed by atoms with Crippen molar-refractivity contribution in [1.82, 2.24) is 0 Å². The Hall–Kier alpha value is -0.795. The topological polar surface area (TPSA) is 46.2 Å². The van der Waals surface area contributed by atoms with Crippen molar-refractivity contribution in [2.75, 3.05) is 0 Å². The van der Waals surface area contributed by atoms with Gasteiger partial charge in [0.2, 0.25) is 0 Å². The van der Waals surface area contributed by atoms with Crippen LogP contribution in [-0.4, -0.2) is 13.0 Å². The Kier molecular flexibility index (Phi) is 2.79. The first-order valence-electron chi connectivity index (χ1n) is 4.26. The Morgan fingerprint density at radius 3 is 2.46 bits per heavy atom. The second-order valence-electron chi connectivity index (χ2n) is 3.68. The third-order valence-electron chi connectivity index (χ3n) is 2.01. The van der Waals surface area contributed by atoms with Crippen molar-refractivity contribution in [2.24, 2.45) is 5.73 Å². The van der Waals surface area contributed by atoms with Gasteiger partial charge in [-0.2, -0.15) is 0 Å². The van der Waals surface area contributed by atoms with Gasteiger partial charge >= 0.3 is 0 Å². The quantitative estimate of drug-likeness (QED) is 0.629. The molecule has 0 heterocycles. The van der Waals surface area contributed by atoms with Crippen LogP contribution in [-0.2, 0) is 12.1 Å². The van der Waals surface area contributed by atoms with E-state index in [1.165, 1.54) is 0 Å². The molecule has 0 aliphatic carbocycles. The molecule has 0 saturated carbocycles. The zero-order chi connectivity index (χ0) is 10.1. The SMILES string of the molecule is [B]c1cc(CN)ccc1C(C)(C)O. The Bertz CT molecular complexity index is 304. The summed E-state index contributed by atoms with van der Waals surface area (Å²) in [6.07, 6.45) is 0. The normalized spacial score (nSPS) is 11.7. The van der Waals surface area contributed by atoms with Crippen LogP contribution >= 0.6 is 0 Å². The van der Waals surface area contributed by atoms with Crippen LogP contribution in [0.2, 0.25) is 0 Å². The molecule has 3 heteroatoms. The van der Waals surface area contributed by atoms with Gasteiger partial charge in [-0.15, -0.1) is 0 Å². The molecule has 1 rings (SSSR count). The van der Waals surface area contributed by atoms with E-state index in [1.54, 1.807) is 19.9 Å². The summed E-state index contributed by atoms with van der Waals surface area (Å²) in [7, 11) is 5.77. The molecule has 0 atom stereocenters. The minimum Gasteiger partial charge on any atom is -0.386 e. The molecule has 0 aliphatic rings. The molecule has 2 radical (unpaired) electrons. The van der Waals surface area contributed by atoms with E-state index in [-0.39, 0.29) is 0 Å². The van der Waals surface area contributed by atoms with Gasteiger partial charge in [0.05, 0.1) is 5.60 Å². The van der Waals surface area contributed by atoms with Crippen molar-refractivity contribution in [2.45, 2.75) is 26.0 Å². The maximum Gasteiger partial charge on any atom is 0.114 e. The fourth-order valence-electron chi connectivity index (χ4n) is 1.30. The van der Waals surface area contributed by atoms with Crippen LogP contribution in [0.25, 0.3) is 0 Å². The second kappa shape index (κ2) is 3.52. The summed E-state index contributed by atoms with van der Waals surface area (Å²) in [5, 5.41) is 9.72.